The maximum absolute atomic E-state index is 11.7. The third-order valence-electron chi connectivity index (χ3n) is 2.10. The number of hydrogen-bond donors (Lipinski definition) is 1. The molecular weight excluding hydrogens is 192 g/mol. The van der Waals surface area contributed by atoms with Crippen LogP contribution in [-0.2, 0) is 4.79 Å². The summed E-state index contributed by atoms with van der Waals surface area (Å²) in [7, 11) is 1.70. The first-order chi connectivity index (χ1) is 7.17. The van der Waals surface area contributed by atoms with E-state index >= 15 is 0 Å². The molecule has 1 atom stereocenters. The summed E-state index contributed by atoms with van der Waals surface area (Å²) in [6, 6.07) is 3.70. The first kappa shape index (κ1) is 13.4. The molecule has 1 unspecified atom stereocenters. The number of nitriles is 2. The van der Waals surface area contributed by atoms with Crippen LogP contribution in [0.5, 0.6) is 0 Å². The molecule has 0 fully saturated rings. The number of carbonyl (C=O) groups is 1. The van der Waals surface area contributed by atoms with Crippen LogP contribution in [0.4, 0.5) is 0 Å². The average molecular weight is 208 g/mol. The van der Waals surface area contributed by atoms with Crippen molar-refractivity contribution in [1.29, 1.82) is 10.5 Å². The van der Waals surface area contributed by atoms with E-state index in [1.54, 1.807) is 18.9 Å². The minimum atomic E-state index is -0.276. The Labute approximate surface area is 90.3 Å². The molecule has 0 heterocycles. The maximum atomic E-state index is 11.7. The largest absolute Gasteiger partial charge is 0.339 e. The van der Waals surface area contributed by atoms with Crippen molar-refractivity contribution in [2.75, 3.05) is 20.1 Å². The van der Waals surface area contributed by atoms with Crippen molar-refractivity contribution in [2.45, 2.75) is 25.8 Å². The van der Waals surface area contributed by atoms with Crippen molar-refractivity contribution in [3.63, 3.8) is 0 Å². The van der Waals surface area contributed by atoms with E-state index < -0.39 is 0 Å². The molecule has 0 rings (SSSR count). The van der Waals surface area contributed by atoms with Crippen LogP contribution in [0.2, 0.25) is 0 Å². The van der Waals surface area contributed by atoms with Crippen molar-refractivity contribution in [1.82, 2.24) is 10.2 Å². The number of amides is 1. The summed E-state index contributed by atoms with van der Waals surface area (Å²) in [6.07, 6.45) is 0.598. The maximum Gasteiger partial charge on any atom is 0.239 e. The Hall–Kier alpha value is -1.59. The molecule has 0 bridgehead atoms. The van der Waals surface area contributed by atoms with Crippen LogP contribution in [-0.4, -0.2) is 37.0 Å². The Morgan fingerprint density at radius 2 is 1.80 bits per heavy atom. The Morgan fingerprint density at radius 1 is 1.33 bits per heavy atom. The van der Waals surface area contributed by atoms with Crippen molar-refractivity contribution in [3.05, 3.63) is 0 Å². The monoisotopic (exact) mass is 208 g/mol. The summed E-state index contributed by atoms with van der Waals surface area (Å²) >= 11 is 0. The molecule has 0 radical (unpaired) electrons. The van der Waals surface area contributed by atoms with Gasteiger partial charge >= 0.3 is 0 Å². The summed E-state index contributed by atoms with van der Waals surface area (Å²) in [5.41, 5.74) is 0. The van der Waals surface area contributed by atoms with Crippen LogP contribution in [0.25, 0.3) is 0 Å². The second kappa shape index (κ2) is 7.78. The van der Waals surface area contributed by atoms with Gasteiger partial charge in [0.1, 0.15) is 0 Å². The normalized spacial score (nSPS) is 11.2. The van der Waals surface area contributed by atoms with E-state index in [2.05, 4.69) is 5.32 Å². The highest BCUT2D eigenvalue weighted by atomic mass is 16.2. The predicted molar refractivity (Wildman–Crippen MR) is 55.6 cm³/mol. The van der Waals surface area contributed by atoms with Crippen LogP contribution >= 0.6 is 0 Å². The minimum Gasteiger partial charge on any atom is -0.339 e. The van der Waals surface area contributed by atoms with E-state index in [4.69, 9.17) is 10.5 Å². The quantitative estimate of drug-likeness (QED) is 0.678. The second-order valence-electron chi connectivity index (χ2n) is 3.15. The molecule has 0 saturated carbocycles. The van der Waals surface area contributed by atoms with Gasteiger partial charge in [-0.1, -0.05) is 0 Å². The fourth-order valence-electron chi connectivity index (χ4n) is 1.10. The Morgan fingerprint density at radius 3 is 2.13 bits per heavy atom. The van der Waals surface area contributed by atoms with Crippen LogP contribution in [0, 0.1) is 22.7 Å². The van der Waals surface area contributed by atoms with Crippen molar-refractivity contribution in [3.8, 4) is 12.1 Å². The summed E-state index contributed by atoms with van der Waals surface area (Å²) in [4.78, 5) is 13.3. The van der Waals surface area contributed by atoms with Crippen LogP contribution in [0.3, 0.4) is 0 Å². The number of nitrogens with one attached hydrogen (secondary N) is 1. The summed E-state index contributed by atoms with van der Waals surface area (Å²) < 4.78 is 0. The molecule has 15 heavy (non-hydrogen) atoms. The minimum absolute atomic E-state index is 0.0667. The standard InChI is InChI=1S/C10H16N4O/c1-9(13-2)10(15)14(7-3-5-11)8-4-6-12/h9,13H,3-4,7-8H2,1-2H3. The summed E-state index contributed by atoms with van der Waals surface area (Å²) in [5, 5.41) is 19.7. The highest BCUT2D eigenvalue weighted by molar-refractivity contribution is 5.81. The zero-order chi connectivity index (χ0) is 11.7. The van der Waals surface area contributed by atoms with Gasteiger partial charge < -0.3 is 10.2 Å². The van der Waals surface area contributed by atoms with Gasteiger partial charge in [-0.05, 0) is 14.0 Å². The van der Waals surface area contributed by atoms with Crippen LogP contribution in [0.1, 0.15) is 19.8 Å². The molecule has 0 aromatic carbocycles. The molecule has 0 aliphatic heterocycles. The SMILES string of the molecule is CNC(C)C(=O)N(CCC#N)CCC#N. The molecule has 1 amide bonds. The van der Waals surface area contributed by atoms with E-state index in [-0.39, 0.29) is 11.9 Å². The fraction of sp³-hybridized carbons (Fsp3) is 0.700. The number of likely N-dealkylation sites (N-methyl/N-ethyl adjacent to an activating group) is 1. The van der Waals surface area contributed by atoms with Gasteiger partial charge in [0, 0.05) is 13.1 Å². The first-order valence-electron chi connectivity index (χ1n) is 4.87. The van der Waals surface area contributed by atoms with Gasteiger partial charge in [-0.25, -0.2) is 0 Å². The highest BCUT2D eigenvalue weighted by Gasteiger charge is 2.18. The van der Waals surface area contributed by atoms with Crippen LogP contribution in [0.15, 0.2) is 0 Å². The van der Waals surface area contributed by atoms with E-state index in [1.165, 1.54) is 0 Å². The lowest BCUT2D eigenvalue weighted by molar-refractivity contribution is -0.132. The van der Waals surface area contributed by atoms with Gasteiger partial charge in [-0.2, -0.15) is 10.5 Å². The molecule has 0 spiro atoms. The smallest absolute Gasteiger partial charge is 0.239 e. The molecule has 5 heteroatoms. The van der Waals surface area contributed by atoms with E-state index in [9.17, 15) is 4.79 Å². The average Bonchev–Trinajstić information content (AvgIpc) is 2.27. The molecule has 0 saturated heterocycles. The molecule has 0 aromatic heterocycles. The summed E-state index contributed by atoms with van der Waals surface area (Å²) in [6.45, 7) is 2.54. The zero-order valence-electron chi connectivity index (χ0n) is 9.16. The lowest BCUT2D eigenvalue weighted by Gasteiger charge is -2.23. The third-order valence-corrected chi connectivity index (χ3v) is 2.10. The highest BCUT2D eigenvalue weighted by Crippen LogP contribution is 1.98. The molecule has 0 aromatic rings. The van der Waals surface area contributed by atoms with Crippen LogP contribution < -0.4 is 5.32 Å². The van der Waals surface area contributed by atoms with Gasteiger partial charge in [0.2, 0.25) is 5.91 Å². The Kier molecular flexibility index (Phi) is 6.96. The van der Waals surface area contributed by atoms with Crippen molar-refractivity contribution < 1.29 is 4.79 Å². The van der Waals surface area contributed by atoms with Crippen molar-refractivity contribution in [2.24, 2.45) is 0 Å². The second-order valence-corrected chi connectivity index (χ2v) is 3.15. The van der Waals surface area contributed by atoms with E-state index in [1.807, 2.05) is 12.1 Å². The van der Waals surface area contributed by atoms with Gasteiger partial charge in [-0.3, -0.25) is 4.79 Å². The topological polar surface area (TPSA) is 79.9 Å². The third kappa shape index (κ3) is 4.99. The molecular formula is C10H16N4O. The molecule has 0 aliphatic rings. The van der Waals surface area contributed by atoms with Gasteiger partial charge in [-0.15, -0.1) is 0 Å². The summed E-state index contributed by atoms with van der Waals surface area (Å²) in [5.74, 6) is -0.0667. The number of hydrogen-bond acceptors (Lipinski definition) is 4. The number of carbonyl (C=O) groups excluding carboxylic acids is 1. The first-order valence-corrected chi connectivity index (χ1v) is 4.87. The molecule has 1 N–H and O–H groups in total. The molecule has 5 nitrogen and oxygen atoms in total. The lowest BCUT2D eigenvalue weighted by atomic mass is 10.2. The zero-order valence-corrected chi connectivity index (χ0v) is 9.16. The lowest BCUT2D eigenvalue weighted by Crippen LogP contribution is -2.44. The van der Waals surface area contributed by atoms with Gasteiger partial charge in [0.25, 0.3) is 0 Å². The number of nitrogens with zero attached hydrogens (tertiary/aromatic N) is 3. The number of rotatable bonds is 6. The molecule has 82 valence electrons. The Balaban J connectivity index is 4.28. The molecule has 0 aliphatic carbocycles. The fourth-order valence-corrected chi connectivity index (χ4v) is 1.10. The Bertz CT molecular complexity index is 258. The van der Waals surface area contributed by atoms with E-state index in [0.29, 0.717) is 25.9 Å². The van der Waals surface area contributed by atoms with E-state index in [0.717, 1.165) is 0 Å². The van der Waals surface area contributed by atoms with Gasteiger partial charge in [0.05, 0.1) is 31.0 Å². The van der Waals surface area contributed by atoms with Crippen molar-refractivity contribution >= 4 is 5.91 Å². The predicted octanol–water partition coefficient (Wildman–Crippen LogP) is 0.250. The van der Waals surface area contributed by atoms with Gasteiger partial charge in [0.15, 0.2) is 0 Å².